The van der Waals surface area contributed by atoms with Crippen LogP contribution in [0.5, 0.6) is 5.75 Å². The summed E-state index contributed by atoms with van der Waals surface area (Å²) in [6, 6.07) is 47.8. The maximum Gasteiger partial charge on any atom is 0 e. The first-order chi connectivity index (χ1) is 20.8. The predicted molar refractivity (Wildman–Crippen MR) is 193 cm³/mol. The first-order valence-corrected chi connectivity index (χ1v) is 15.2. The Hall–Kier alpha value is -3.48. The Morgan fingerprint density at radius 1 is 0.622 bits per heavy atom. The van der Waals surface area contributed by atoms with Crippen LogP contribution in [0, 0.1) is 25.1 Å². The maximum atomic E-state index is 13.2. The Labute approximate surface area is 291 Å². The van der Waals surface area contributed by atoms with Gasteiger partial charge in [-0.2, -0.15) is 0 Å². The van der Waals surface area contributed by atoms with Gasteiger partial charge in [-0.15, -0.1) is 17.1 Å². The van der Waals surface area contributed by atoms with Crippen LogP contribution in [0.1, 0.15) is 83.6 Å². The molecule has 0 spiro atoms. The van der Waals surface area contributed by atoms with Gasteiger partial charge in [-0.05, 0) is 47.4 Å². The molecule has 0 aliphatic rings. The van der Waals surface area contributed by atoms with Gasteiger partial charge in [0.1, 0.15) is 0 Å². The fourth-order valence-corrected chi connectivity index (χ4v) is 4.13. The molecule has 5 aromatic carbocycles. The molecule has 0 heterocycles. The Balaban J connectivity index is 0.000000424. The van der Waals surface area contributed by atoms with Crippen molar-refractivity contribution in [2.75, 3.05) is 0 Å². The second kappa shape index (κ2) is 19.8. The zero-order valence-electron chi connectivity index (χ0n) is 28.4. The molecular weight excluding hydrogens is 656 g/mol. The molecule has 0 aliphatic heterocycles. The van der Waals surface area contributed by atoms with Gasteiger partial charge in [0.25, 0.3) is 0 Å². The third-order valence-corrected chi connectivity index (χ3v) is 6.69. The van der Waals surface area contributed by atoms with Crippen molar-refractivity contribution in [1.82, 2.24) is 0 Å². The third kappa shape index (κ3) is 14.4. The van der Waals surface area contributed by atoms with Crippen LogP contribution in [0.25, 0.3) is 5.32 Å². The SMILES string of the molecule is Cc1cccc(C(C)C)c1[N-]c1cc(C(C)(C)C)cc(C(C)(C)C)c1[O-].[Sb].[c]1ccccc1.[c]1ccccc1.[c]1ccccc1. The molecule has 5 rings (SSSR count). The van der Waals surface area contributed by atoms with Crippen molar-refractivity contribution in [3.8, 4) is 5.75 Å². The first-order valence-electron chi connectivity index (χ1n) is 15.2. The van der Waals surface area contributed by atoms with Gasteiger partial charge in [0.15, 0.2) is 0 Å². The Kier molecular flexibility index (Phi) is 17.4. The molecule has 2 nitrogen and oxygen atoms in total. The van der Waals surface area contributed by atoms with E-state index in [1.807, 2.05) is 97.1 Å². The average Bonchev–Trinajstić information content (AvgIpc) is 3.01. The molecule has 0 saturated heterocycles. The van der Waals surface area contributed by atoms with Gasteiger partial charge in [-0.25, -0.2) is 0 Å². The van der Waals surface area contributed by atoms with Crippen LogP contribution in [0.15, 0.2) is 121 Å². The van der Waals surface area contributed by atoms with Crippen molar-refractivity contribution < 1.29 is 5.11 Å². The van der Waals surface area contributed by atoms with Crippen molar-refractivity contribution >= 4 is 35.8 Å². The van der Waals surface area contributed by atoms with Crippen LogP contribution in [0.3, 0.4) is 0 Å². The fraction of sp³-hybridized carbons (Fsp3) is 0.286. The van der Waals surface area contributed by atoms with Crippen molar-refractivity contribution in [2.45, 2.75) is 79.1 Å². The van der Waals surface area contributed by atoms with E-state index in [1.165, 1.54) is 5.56 Å². The van der Waals surface area contributed by atoms with E-state index in [-0.39, 0.29) is 41.0 Å². The molecule has 234 valence electrons. The van der Waals surface area contributed by atoms with Crippen LogP contribution >= 0.6 is 0 Å². The minimum Gasteiger partial charge on any atom is -0.873 e. The summed E-state index contributed by atoms with van der Waals surface area (Å²) < 4.78 is 0. The molecule has 0 unspecified atom stereocenters. The van der Waals surface area contributed by atoms with Crippen molar-refractivity contribution in [3.63, 3.8) is 0 Å². The van der Waals surface area contributed by atoms with Gasteiger partial charge in [0.2, 0.25) is 0 Å². The van der Waals surface area contributed by atoms with E-state index in [0.29, 0.717) is 11.6 Å². The topological polar surface area (TPSA) is 37.2 Å². The van der Waals surface area contributed by atoms with E-state index < -0.39 is 0 Å². The van der Waals surface area contributed by atoms with Gasteiger partial charge >= 0.3 is 0 Å². The summed E-state index contributed by atoms with van der Waals surface area (Å²) in [7, 11) is 0. The van der Waals surface area contributed by atoms with E-state index in [2.05, 4.69) is 105 Å². The average molecular weight is 705 g/mol. The van der Waals surface area contributed by atoms with Crippen LogP contribution in [-0.4, -0.2) is 24.4 Å². The molecule has 5 aromatic rings. The standard InChI is InChI=1S/C24H34NO.3C6H5.Sb/c1-15(2)18-12-10-11-16(3)21(18)25-20-14-17(23(4,5)6)13-19(22(20)26)24(7,8)9;3*1-2-4-6-5-3-1;/h10-15,26H,1-9H3;3*1-5H;/q-1;;;;/p-1. The van der Waals surface area contributed by atoms with Crippen LogP contribution in [0.2, 0.25) is 0 Å². The number of hydrogen-bond donors (Lipinski definition) is 0. The molecule has 6 radical (unpaired) electrons. The summed E-state index contributed by atoms with van der Waals surface area (Å²) in [5, 5.41) is 18.1. The molecule has 0 saturated carbocycles. The fourth-order valence-electron chi connectivity index (χ4n) is 4.13. The van der Waals surface area contributed by atoms with E-state index in [4.69, 9.17) is 5.32 Å². The third-order valence-electron chi connectivity index (χ3n) is 6.69. The monoisotopic (exact) mass is 703 g/mol. The minimum atomic E-state index is -0.213. The summed E-state index contributed by atoms with van der Waals surface area (Å²) in [5.74, 6) is 0.403. The number of rotatable bonds is 3. The van der Waals surface area contributed by atoms with E-state index in [1.54, 1.807) is 0 Å². The Bertz CT molecular complexity index is 1310. The summed E-state index contributed by atoms with van der Waals surface area (Å²) >= 11 is 0. The molecule has 0 N–H and O–H groups in total. The summed E-state index contributed by atoms with van der Waals surface area (Å²) in [6.07, 6.45) is 0. The quantitative estimate of drug-likeness (QED) is 0.172. The molecule has 0 amide bonds. The smallest absolute Gasteiger partial charge is 0 e. The largest absolute Gasteiger partial charge is 0.873 e. The van der Waals surface area contributed by atoms with E-state index >= 15 is 0 Å². The number of hydrogen-bond acceptors (Lipinski definition) is 1. The molecule has 3 heteroatoms. The molecule has 0 atom stereocenters. The van der Waals surface area contributed by atoms with Crippen molar-refractivity contribution in [2.24, 2.45) is 0 Å². The van der Waals surface area contributed by atoms with Gasteiger partial charge in [-0.3, -0.25) is 0 Å². The zero-order chi connectivity index (χ0) is 32.6. The predicted octanol–water partition coefficient (Wildman–Crippen LogP) is 11.2. The number of aryl methyl sites for hydroxylation is 1. The van der Waals surface area contributed by atoms with E-state index in [9.17, 15) is 5.11 Å². The molecular formula is C42H48NOSb-2. The summed E-state index contributed by atoms with van der Waals surface area (Å²) in [6.45, 7) is 19.2. The Morgan fingerprint density at radius 3 is 1.38 bits per heavy atom. The first kappa shape index (κ1) is 39.5. The van der Waals surface area contributed by atoms with Crippen LogP contribution in [0.4, 0.5) is 11.4 Å². The second-order valence-corrected chi connectivity index (χ2v) is 12.9. The van der Waals surface area contributed by atoms with Crippen molar-refractivity contribution in [3.05, 3.63) is 167 Å². The molecule has 0 aliphatic carbocycles. The summed E-state index contributed by atoms with van der Waals surface area (Å²) in [4.78, 5) is 0. The normalized spacial score (nSPS) is 10.4. The Morgan fingerprint density at radius 2 is 1.07 bits per heavy atom. The van der Waals surface area contributed by atoms with E-state index in [0.717, 1.165) is 22.4 Å². The van der Waals surface area contributed by atoms with Crippen LogP contribution < -0.4 is 5.11 Å². The summed E-state index contributed by atoms with van der Waals surface area (Å²) in [5.41, 5.74) is 5.52. The van der Waals surface area contributed by atoms with Gasteiger partial charge in [-0.1, -0.05) is 193 Å². The van der Waals surface area contributed by atoms with Gasteiger partial charge in [0.05, 0.1) is 0 Å². The molecule has 45 heavy (non-hydrogen) atoms. The minimum absolute atomic E-state index is 0. The van der Waals surface area contributed by atoms with Gasteiger partial charge < -0.3 is 10.4 Å². The molecule has 0 fully saturated rings. The van der Waals surface area contributed by atoms with Gasteiger partial charge in [0, 0.05) is 24.4 Å². The number of benzene rings is 5. The molecule has 0 aromatic heterocycles. The number of nitrogens with zero attached hydrogens (tertiary/aromatic N) is 1. The van der Waals surface area contributed by atoms with Crippen LogP contribution in [-0.2, 0) is 10.8 Å². The number of para-hydroxylation sites is 1. The molecule has 0 bridgehead atoms. The van der Waals surface area contributed by atoms with Crippen molar-refractivity contribution in [1.29, 1.82) is 0 Å². The zero-order valence-corrected chi connectivity index (χ0v) is 31.0. The second-order valence-electron chi connectivity index (χ2n) is 12.9. The maximum absolute atomic E-state index is 13.2.